The first-order valence-electron chi connectivity index (χ1n) is 7.45. The highest BCUT2D eigenvalue weighted by Gasteiger charge is 2.24. The molecule has 6 nitrogen and oxygen atoms in total. The second kappa shape index (κ2) is 6.62. The highest BCUT2D eigenvalue weighted by Crippen LogP contribution is 2.21. The molecule has 1 fully saturated rings. The molecule has 0 unspecified atom stereocenters. The van der Waals surface area contributed by atoms with Gasteiger partial charge in [0.25, 0.3) is 0 Å². The number of hydrogen-bond donors (Lipinski definition) is 0. The van der Waals surface area contributed by atoms with E-state index in [1.54, 1.807) is 12.4 Å². The zero-order valence-electron chi connectivity index (χ0n) is 12.9. The van der Waals surface area contributed by atoms with E-state index in [4.69, 9.17) is 16.0 Å². The summed E-state index contributed by atoms with van der Waals surface area (Å²) in [6, 6.07) is 0.541. The third kappa shape index (κ3) is 3.39. The topological polar surface area (TPSA) is 58.3 Å². The van der Waals surface area contributed by atoms with E-state index in [0.717, 1.165) is 49.9 Å². The highest BCUT2D eigenvalue weighted by molar-refractivity contribution is 6.30. The zero-order chi connectivity index (χ0) is 15.5. The fourth-order valence-corrected chi connectivity index (χ4v) is 2.92. The van der Waals surface area contributed by atoms with Gasteiger partial charge in [-0.2, -0.15) is 0 Å². The minimum absolute atomic E-state index is 0.541. The quantitative estimate of drug-likeness (QED) is 0.862. The molecule has 118 valence electrons. The smallest absolute Gasteiger partial charge is 0.225 e. The number of hydrogen-bond acceptors (Lipinski definition) is 6. The van der Waals surface area contributed by atoms with Crippen LogP contribution in [0.1, 0.15) is 24.3 Å². The van der Waals surface area contributed by atoms with Gasteiger partial charge in [0.2, 0.25) is 5.95 Å². The Labute approximate surface area is 135 Å². The van der Waals surface area contributed by atoms with E-state index >= 15 is 0 Å². The van der Waals surface area contributed by atoms with Gasteiger partial charge in [-0.1, -0.05) is 11.6 Å². The van der Waals surface area contributed by atoms with Crippen molar-refractivity contribution in [2.24, 2.45) is 0 Å². The largest absolute Gasteiger partial charge is 0.448 e. The summed E-state index contributed by atoms with van der Waals surface area (Å²) in [5.41, 5.74) is 1.02. The molecule has 0 amide bonds. The summed E-state index contributed by atoms with van der Waals surface area (Å²) in [6.07, 6.45) is 6.97. The minimum Gasteiger partial charge on any atom is -0.448 e. The highest BCUT2D eigenvalue weighted by atomic mass is 35.5. The van der Waals surface area contributed by atoms with E-state index in [0.29, 0.717) is 11.1 Å². The van der Waals surface area contributed by atoms with Crippen LogP contribution in [0, 0.1) is 6.92 Å². The van der Waals surface area contributed by atoms with Crippen LogP contribution < -0.4 is 4.90 Å². The fourth-order valence-electron chi connectivity index (χ4n) is 2.82. The lowest BCUT2D eigenvalue weighted by molar-refractivity contribution is 0.197. The maximum atomic E-state index is 5.83. The molecule has 3 heterocycles. The van der Waals surface area contributed by atoms with Crippen LogP contribution in [-0.4, -0.2) is 46.0 Å². The molecule has 2 aromatic rings. The molecule has 1 aliphatic rings. The molecule has 3 rings (SSSR count). The lowest BCUT2D eigenvalue weighted by Gasteiger charge is -2.36. The molecule has 2 aromatic heterocycles. The first-order valence-corrected chi connectivity index (χ1v) is 7.83. The monoisotopic (exact) mass is 321 g/mol. The normalized spacial score (nSPS) is 16.5. The molecule has 1 aliphatic heterocycles. The summed E-state index contributed by atoms with van der Waals surface area (Å²) in [4.78, 5) is 17.4. The van der Waals surface area contributed by atoms with E-state index in [1.165, 1.54) is 6.39 Å². The summed E-state index contributed by atoms with van der Waals surface area (Å²) < 4.78 is 5.26. The van der Waals surface area contributed by atoms with Gasteiger partial charge >= 0.3 is 0 Å². The molecule has 0 N–H and O–H groups in total. The van der Waals surface area contributed by atoms with Gasteiger partial charge in [-0.25, -0.2) is 15.0 Å². The predicted octanol–water partition coefficient (Wildman–Crippen LogP) is 2.53. The second-order valence-corrected chi connectivity index (χ2v) is 6.13. The predicted molar refractivity (Wildman–Crippen MR) is 85.0 cm³/mol. The van der Waals surface area contributed by atoms with Crippen molar-refractivity contribution >= 4 is 17.5 Å². The summed E-state index contributed by atoms with van der Waals surface area (Å²) in [5, 5.41) is 0.571. The molecule has 1 saturated heterocycles. The average molecular weight is 322 g/mol. The number of nitrogens with zero attached hydrogens (tertiary/aromatic N) is 5. The van der Waals surface area contributed by atoms with Crippen LogP contribution in [-0.2, 0) is 6.54 Å². The lowest BCUT2D eigenvalue weighted by atomic mass is 10.0. The van der Waals surface area contributed by atoms with Gasteiger partial charge in [-0.05, 0) is 26.8 Å². The Balaban J connectivity index is 1.55. The summed E-state index contributed by atoms with van der Waals surface area (Å²) in [6.45, 7) is 4.68. The van der Waals surface area contributed by atoms with Gasteiger partial charge in [-0.3, -0.25) is 4.90 Å². The number of aromatic nitrogens is 3. The lowest BCUT2D eigenvalue weighted by Crippen LogP contribution is -2.43. The summed E-state index contributed by atoms with van der Waals surface area (Å²) in [5.74, 6) is 1.66. The molecular formula is C15H20ClN5O. The van der Waals surface area contributed by atoms with Crippen molar-refractivity contribution in [3.8, 4) is 0 Å². The van der Waals surface area contributed by atoms with Gasteiger partial charge in [-0.15, -0.1) is 0 Å². The van der Waals surface area contributed by atoms with Crippen molar-refractivity contribution in [3.05, 3.63) is 35.3 Å². The molecule has 0 saturated carbocycles. The van der Waals surface area contributed by atoms with Crippen molar-refractivity contribution < 1.29 is 4.42 Å². The van der Waals surface area contributed by atoms with E-state index in [2.05, 4.69) is 31.8 Å². The molecule has 0 aromatic carbocycles. The van der Waals surface area contributed by atoms with Crippen molar-refractivity contribution in [3.63, 3.8) is 0 Å². The number of rotatable bonds is 4. The Morgan fingerprint density at radius 3 is 2.55 bits per heavy atom. The van der Waals surface area contributed by atoms with Crippen molar-refractivity contribution in [1.29, 1.82) is 0 Å². The Morgan fingerprint density at radius 1 is 1.27 bits per heavy atom. The van der Waals surface area contributed by atoms with Crippen molar-refractivity contribution in [1.82, 2.24) is 19.9 Å². The van der Waals surface area contributed by atoms with Crippen molar-refractivity contribution in [2.75, 3.05) is 25.0 Å². The molecule has 0 bridgehead atoms. The summed E-state index contributed by atoms with van der Waals surface area (Å²) >= 11 is 5.83. The van der Waals surface area contributed by atoms with E-state index in [-0.39, 0.29) is 0 Å². The molecule has 0 radical (unpaired) electrons. The Bertz CT molecular complexity index is 607. The van der Waals surface area contributed by atoms with Gasteiger partial charge in [0.05, 0.1) is 23.1 Å². The first-order chi connectivity index (χ1) is 10.6. The molecule has 0 atom stereocenters. The fraction of sp³-hybridized carbons (Fsp3) is 0.533. The number of halogens is 1. The number of piperidine rings is 1. The van der Waals surface area contributed by atoms with Crippen LogP contribution in [0.15, 0.2) is 23.2 Å². The maximum Gasteiger partial charge on any atom is 0.225 e. The Morgan fingerprint density at radius 2 is 1.95 bits per heavy atom. The van der Waals surface area contributed by atoms with Crippen LogP contribution in [0.3, 0.4) is 0 Å². The standard InChI is InChI=1S/C15H20ClN5O/c1-11-14(19-10-22-11)9-20(2)13-3-5-21(6-4-13)15-17-7-12(16)8-18-15/h7-8,10,13H,3-6,9H2,1-2H3. The van der Waals surface area contributed by atoms with Gasteiger partial charge < -0.3 is 9.32 Å². The molecular weight excluding hydrogens is 302 g/mol. The van der Waals surface area contributed by atoms with Gasteiger partial charge in [0, 0.05) is 25.7 Å². The number of anilines is 1. The van der Waals surface area contributed by atoms with E-state index in [9.17, 15) is 0 Å². The van der Waals surface area contributed by atoms with Crippen LogP contribution in [0.25, 0.3) is 0 Å². The van der Waals surface area contributed by atoms with Crippen LogP contribution in [0.5, 0.6) is 0 Å². The molecule has 0 aliphatic carbocycles. The van der Waals surface area contributed by atoms with Gasteiger partial charge in [0.1, 0.15) is 5.76 Å². The van der Waals surface area contributed by atoms with E-state index < -0.39 is 0 Å². The van der Waals surface area contributed by atoms with E-state index in [1.807, 2.05) is 6.92 Å². The average Bonchev–Trinajstić information content (AvgIpc) is 2.93. The maximum absolute atomic E-state index is 5.83. The molecule has 0 spiro atoms. The molecule has 7 heteroatoms. The SMILES string of the molecule is Cc1ocnc1CN(C)C1CCN(c2ncc(Cl)cn2)CC1. The van der Waals surface area contributed by atoms with Crippen LogP contribution in [0.2, 0.25) is 5.02 Å². The Hall–Kier alpha value is -1.66. The van der Waals surface area contributed by atoms with Gasteiger partial charge in [0.15, 0.2) is 6.39 Å². The number of aryl methyl sites for hydroxylation is 1. The first kappa shape index (κ1) is 15.2. The Kier molecular flexibility index (Phi) is 4.59. The molecule has 22 heavy (non-hydrogen) atoms. The third-order valence-corrected chi connectivity index (χ3v) is 4.42. The zero-order valence-corrected chi connectivity index (χ0v) is 13.6. The third-order valence-electron chi connectivity index (χ3n) is 4.22. The second-order valence-electron chi connectivity index (χ2n) is 5.69. The minimum atomic E-state index is 0.541. The van der Waals surface area contributed by atoms with Crippen LogP contribution in [0.4, 0.5) is 5.95 Å². The van der Waals surface area contributed by atoms with Crippen LogP contribution >= 0.6 is 11.6 Å². The number of oxazole rings is 1. The summed E-state index contributed by atoms with van der Waals surface area (Å²) in [7, 11) is 2.15. The van der Waals surface area contributed by atoms with Crippen molar-refractivity contribution in [2.45, 2.75) is 32.4 Å².